The highest BCUT2D eigenvalue weighted by Crippen LogP contribution is 2.40. The number of carbonyl (C=O) groups is 4. The Morgan fingerprint density at radius 3 is 2.03 bits per heavy atom. The Labute approximate surface area is 372 Å². The molecule has 0 radical (unpaired) electrons. The van der Waals surface area contributed by atoms with Crippen LogP contribution in [0.2, 0.25) is 5.15 Å². The number of carbonyl (C=O) groups excluding carboxylic acids is 4. The third-order valence-corrected chi connectivity index (χ3v) is 13.6. The smallest absolute Gasteiger partial charge is 0.407 e. The van der Waals surface area contributed by atoms with E-state index in [4.69, 9.17) is 40.5 Å². The first kappa shape index (κ1) is 44.2. The Morgan fingerprint density at radius 1 is 0.762 bits per heavy atom. The fourth-order valence-electron chi connectivity index (χ4n) is 9.83. The Kier molecular flexibility index (Phi) is 13.7. The third kappa shape index (κ3) is 9.58. The first-order valence-corrected chi connectivity index (χ1v) is 22.4. The standard InChI is InChI=1S/C46H57ClN8O8/c1-26-5-16-37(54(26)38(56)23-33-19-22-63-25-35(33)50-45(58)60-3)43-51-39(41(47)53-43)31-13-9-29(10-14-31)28-7-11-30(12-8-28)34-24-48-42(49-34)36-15-6-27(2)55(36)44(57)40(52-46(59)61-4)32-17-20-62-21-18-32/h7-14,24,26-27,32-33,35-37,40H,5-6,15-23,25H2,1-4H3,(H,48,49)(H,50,58)(H,51,53)(H,52,59)/t26-,27-,33?,35-,36-,37-,40-/m0/s1. The maximum Gasteiger partial charge on any atom is 0.407 e. The van der Waals surface area contributed by atoms with Crippen LogP contribution >= 0.6 is 11.6 Å². The highest BCUT2D eigenvalue weighted by molar-refractivity contribution is 6.31. The number of imidazole rings is 2. The summed E-state index contributed by atoms with van der Waals surface area (Å²) < 4.78 is 20.8. The van der Waals surface area contributed by atoms with Crippen LogP contribution in [0, 0.1) is 11.8 Å². The van der Waals surface area contributed by atoms with Crippen LogP contribution in [0.3, 0.4) is 0 Å². The van der Waals surface area contributed by atoms with Crippen molar-refractivity contribution in [2.45, 2.75) is 101 Å². The molecule has 6 heterocycles. The van der Waals surface area contributed by atoms with Crippen molar-refractivity contribution in [2.75, 3.05) is 40.6 Å². The van der Waals surface area contributed by atoms with Gasteiger partial charge >= 0.3 is 12.2 Å². The van der Waals surface area contributed by atoms with Gasteiger partial charge in [0, 0.05) is 43.9 Å². The van der Waals surface area contributed by atoms with Gasteiger partial charge in [0.05, 0.1) is 50.8 Å². The Hall–Kier alpha value is -5.45. The number of rotatable bonds is 11. The maximum atomic E-state index is 14.2. The molecule has 8 rings (SSSR count). The molecule has 16 nitrogen and oxygen atoms in total. The van der Waals surface area contributed by atoms with Crippen molar-refractivity contribution in [3.8, 4) is 33.6 Å². The summed E-state index contributed by atoms with van der Waals surface area (Å²) >= 11 is 6.80. The molecule has 4 fully saturated rings. The number of alkyl carbamates (subject to hydrolysis) is 2. The predicted octanol–water partition coefficient (Wildman–Crippen LogP) is 7.19. The van der Waals surface area contributed by atoms with Gasteiger partial charge in [0.2, 0.25) is 11.8 Å². The summed E-state index contributed by atoms with van der Waals surface area (Å²) in [5.74, 6) is 1.14. The molecule has 1 unspecified atom stereocenters. The lowest BCUT2D eigenvalue weighted by atomic mass is 9.90. The number of likely N-dealkylation sites (tertiary alicyclic amines) is 2. The molecule has 7 atom stereocenters. The average Bonchev–Trinajstić information content (AvgIpc) is 4.12. The SMILES string of the molecule is COC(=O)N[C@H]1COCCC1CC(=O)N1[C@@H](C)CC[C@H]1c1nc(-c2ccc(-c3ccc(-c4cnc([C@@H]5CC[C@H](C)N5C(=O)[C@@H](NC(=O)OC)C5CCOCC5)[nH]4)cc3)cc2)c(Cl)[nH]1. The lowest BCUT2D eigenvalue weighted by Gasteiger charge is -2.36. The minimum absolute atomic E-state index is 0.0127. The fraction of sp³-hybridized carbons (Fsp3) is 0.522. The molecule has 0 aliphatic carbocycles. The molecule has 0 spiro atoms. The number of nitrogens with one attached hydrogen (secondary N) is 4. The first-order valence-electron chi connectivity index (χ1n) is 22.0. The van der Waals surface area contributed by atoms with Crippen molar-refractivity contribution in [3.05, 3.63) is 71.5 Å². The van der Waals surface area contributed by atoms with E-state index in [1.54, 1.807) is 0 Å². The minimum Gasteiger partial charge on any atom is -0.453 e. The second-order valence-corrected chi connectivity index (χ2v) is 17.6. The van der Waals surface area contributed by atoms with Gasteiger partial charge in [-0.1, -0.05) is 60.1 Å². The van der Waals surface area contributed by atoms with E-state index in [1.807, 2.05) is 59.3 Å². The Bertz CT molecular complexity index is 2240. The molecule has 4 saturated heterocycles. The summed E-state index contributed by atoms with van der Waals surface area (Å²) in [6.07, 6.45) is 6.14. The van der Waals surface area contributed by atoms with E-state index < -0.39 is 18.2 Å². The fourth-order valence-corrected chi connectivity index (χ4v) is 10.1. The second kappa shape index (κ2) is 19.5. The van der Waals surface area contributed by atoms with Crippen LogP contribution < -0.4 is 10.6 Å². The van der Waals surface area contributed by atoms with E-state index in [0.717, 1.165) is 53.6 Å². The lowest BCUT2D eigenvalue weighted by molar-refractivity contribution is -0.139. The number of nitrogens with zero attached hydrogens (tertiary/aromatic N) is 4. The molecule has 2 aromatic carbocycles. The Balaban J connectivity index is 0.925. The number of aromatic nitrogens is 4. The van der Waals surface area contributed by atoms with Gasteiger partial charge in [-0.2, -0.15) is 0 Å². The van der Waals surface area contributed by atoms with Crippen LogP contribution in [0.25, 0.3) is 33.6 Å². The van der Waals surface area contributed by atoms with Crippen molar-refractivity contribution in [3.63, 3.8) is 0 Å². The third-order valence-electron chi connectivity index (χ3n) is 13.4. The molecule has 4 amide bonds. The summed E-state index contributed by atoms with van der Waals surface area (Å²) in [5.41, 5.74) is 5.32. The molecule has 4 aliphatic rings. The quantitative estimate of drug-likeness (QED) is 0.120. The van der Waals surface area contributed by atoms with E-state index in [9.17, 15) is 19.2 Å². The number of benzene rings is 2. The van der Waals surface area contributed by atoms with Crippen molar-refractivity contribution in [2.24, 2.45) is 11.8 Å². The maximum absolute atomic E-state index is 14.2. The zero-order chi connectivity index (χ0) is 44.2. The lowest BCUT2D eigenvalue weighted by Crippen LogP contribution is -2.54. The predicted molar refractivity (Wildman–Crippen MR) is 234 cm³/mol. The van der Waals surface area contributed by atoms with Crippen molar-refractivity contribution < 1.29 is 38.1 Å². The van der Waals surface area contributed by atoms with Crippen LogP contribution in [0.4, 0.5) is 9.59 Å². The van der Waals surface area contributed by atoms with Crippen molar-refractivity contribution in [1.82, 2.24) is 40.4 Å². The number of halogens is 1. The molecule has 0 saturated carbocycles. The molecule has 0 bridgehead atoms. The van der Waals surface area contributed by atoms with Gasteiger partial charge in [-0.25, -0.2) is 19.6 Å². The summed E-state index contributed by atoms with van der Waals surface area (Å²) in [7, 11) is 2.63. The summed E-state index contributed by atoms with van der Waals surface area (Å²) in [5, 5.41) is 6.07. The van der Waals surface area contributed by atoms with E-state index in [-0.39, 0.29) is 60.3 Å². The summed E-state index contributed by atoms with van der Waals surface area (Å²) in [6, 6.07) is 14.8. The number of aromatic amines is 2. The van der Waals surface area contributed by atoms with Crippen LogP contribution in [-0.4, -0.2) is 119 Å². The van der Waals surface area contributed by atoms with Crippen LogP contribution in [-0.2, 0) is 28.5 Å². The van der Waals surface area contributed by atoms with E-state index in [0.29, 0.717) is 68.2 Å². The summed E-state index contributed by atoms with van der Waals surface area (Å²) in [6.45, 7) is 6.07. The molecular weight excluding hydrogens is 828 g/mol. The van der Waals surface area contributed by atoms with Crippen LogP contribution in [0.5, 0.6) is 0 Å². The number of ether oxygens (including phenoxy) is 4. The van der Waals surface area contributed by atoms with E-state index in [2.05, 4.69) is 39.7 Å². The Morgan fingerprint density at radius 2 is 1.37 bits per heavy atom. The van der Waals surface area contributed by atoms with Gasteiger partial charge in [0.1, 0.15) is 28.5 Å². The molecular formula is C46H57ClN8O8. The number of amides is 4. The minimum atomic E-state index is -0.708. The van der Waals surface area contributed by atoms with Crippen LogP contribution in [0.15, 0.2) is 54.7 Å². The molecule has 4 N–H and O–H groups in total. The molecule has 2 aromatic heterocycles. The first-order chi connectivity index (χ1) is 30.5. The average molecular weight is 885 g/mol. The van der Waals surface area contributed by atoms with Crippen LogP contribution in [0.1, 0.15) is 88.9 Å². The van der Waals surface area contributed by atoms with Gasteiger partial charge in [0.25, 0.3) is 0 Å². The van der Waals surface area contributed by atoms with Gasteiger partial charge in [0.15, 0.2) is 0 Å². The monoisotopic (exact) mass is 884 g/mol. The highest BCUT2D eigenvalue weighted by Gasteiger charge is 2.43. The molecule has 336 valence electrons. The number of methoxy groups -OCH3 is 2. The highest BCUT2D eigenvalue weighted by atomic mass is 35.5. The molecule has 4 aliphatic heterocycles. The normalized spacial score (nSPS) is 24.5. The zero-order valence-electron chi connectivity index (χ0n) is 36.2. The largest absolute Gasteiger partial charge is 0.453 e. The van der Waals surface area contributed by atoms with Crippen molar-refractivity contribution in [1.29, 1.82) is 0 Å². The van der Waals surface area contributed by atoms with Gasteiger partial charge < -0.3 is 49.3 Å². The van der Waals surface area contributed by atoms with E-state index in [1.165, 1.54) is 14.2 Å². The van der Waals surface area contributed by atoms with E-state index >= 15 is 0 Å². The number of H-pyrrole nitrogens is 2. The summed E-state index contributed by atoms with van der Waals surface area (Å²) in [4.78, 5) is 72.7. The number of hydrogen-bond donors (Lipinski definition) is 4. The topological polar surface area (TPSA) is 193 Å². The van der Waals surface area contributed by atoms with Gasteiger partial charge in [-0.15, -0.1) is 0 Å². The van der Waals surface area contributed by atoms with Gasteiger partial charge in [-0.3, -0.25) is 9.59 Å². The molecule has 17 heteroatoms. The van der Waals surface area contributed by atoms with Gasteiger partial charge in [-0.05, 0) is 87.3 Å². The number of hydrogen-bond acceptors (Lipinski definition) is 10. The second-order valence-electron chi connectivity index (χ2n) is 17.2. The zero-order valence-corrected chi connectivity index (χ0v) is 37.0. The van der Waals surface area contributed by atoms with Crippen molar-refractivity contribution >= 4 is 35.6 Å². The molecule has 4 aromatic rings. The molecule has 63 heavy (non-hydrogen) atoms.